The van der Waals surface area contributed by atoms with E-state index in [1.807, 2.05) is 12.1 Å². The van der Waals surface area contributed by atoms with E-state index in [0.29, 0.717) is 10.7 Å². The average molecular weight is 236 g/mol. The molecule has 0 atom stereocenters. The lowest BCUT2D eigenvalue weighted by molar-refractivity contribution is 0.0947. The summed E-state index contributed by atoms with van der Waals surface area (Å²) in [4.78, 5) is 11.5. The summed E-state index contributed by atoms with van der Waals surface area (Å²) in [5.41, 5.74) is 3.43. The van der Waals surface area contributed by atoms with E-state index in [2.05, 4.69) is 5.43 Å². The van der Waals surface area contributed by atoms with Crippen molar-refractivity contribution in [1.82, 2.24) is 9.99 Å². The van der Waals surface area contributed by atoms with Gasteiger partial charge in [-0.2, -0.15) is 0 Å². The lowest BCUT2D eigenvalue weighted by Crippen LogP contribution is -2.31. The predicted molar refractivity (Wildman–Crippen MR) is 62.4 cm³/mol. The van der Waals surface area contributed by atoms with Crippen LogP contribution >= 0.6 is 11.6 Å². The number of hydrazine groups is 1. The maximum atomic E-state index is 11.5. The van der Waals surface area contributed by atoms with E-state index in [1.165, 1.54) is 0 Å². The molecule has 1 amide bonds. The van der Waals surface area contributed by atoms with E-state index in [4.69, 9.17) is 17.4 Å². The number of halogens is 1. The van der Waals surface area contributed by atoms with Gasteiger partial charge >= 0.3 is 0 Å². The predicted octanol–water partition coefficient (Wildman–Crippen LogP) is 1.73. The van der Waals surface area contributed by atoms with Gasteiger partial charge in [0, 0.05) is 16.9 Å². The smallest absolute Gasteiger partial charge is 0.282 e. The Morgan fingerprint density at radius 2 is 1.94 bits per heavy atom. The van der Waals surface area contributed by atoms with E-state index >= 15 is 0 Å². The van der Waals surface area contributed by atoms with Gasteiger partial charge in [-0.1, -0.05) is 11.6 Å². The van der Waals surface area contributed by atoms with Crippen molar-refractivity contribution in [1.29, 1.82) is 0 Å². The van der Waals surface area contributed by atoms with Crippen LogP contribution in [0.25, 0.3) is 5.69 Å². The molecular weight excluding hydrogens is 226 g/mol. The number of aromatic nitrogens is 1. The van der Waals surface area contributed by atoms with Crippen LogP contribution in [0.3, 0.4) is 0 Å². The Morgan fingerprint density at radius 3 is 2.56 bits per heavy atom. The van der Waals surface area contributed by atoms with Crippen LogP contribution in [0.5, 0.6) is 0 Å². The van der Waals surface area contributed by atoms with Gasteiger partial charge in [0.1, 0.15) is 5.69 Å². The number of hydrogen-bond donors (Lipinski definition) is 2. The molecule has 2 aromatic rings. The van der Waals surface area contributed by atoms with E-state index < -0.39 is 0 Å². The summed E-state index contributed by atoms with van der Waals surface area (Å²) in [6.45, 7) is 0. The molecule has 1 aromatic carbocycles. The number of nitrogens with one attached hydrogen (secondary N) is 1. The monoisotopic (exact) mass is 235 g/mol. The van der Waals surface area contributed by atoms with Crippen molar-refractivity contribution in [2.75, 3.05) is 0 Å². The molecule has 0 saturated carbocycles. The number of amides is 1. The summed E-state index contributed by atoms with van der Waals surface area (Å²) in [6.07, 6.45) is 1.79. The largest absolute Gasteiger partial charge is 0.312 e. The zero-order valence-electron chi connectivity index (χ0n) is 8.35. The van der Waals surface area contributed by atoms with Gasteiger partial charge in [0.2, 0.25) is 0 Å². The Balaban J connectivity index is 2.44. The van der Waals surface area contributed by atoms with Crippen molar-refractivity contribution in [3.05, 3.63) is 53.3 Å². The second kappa shape index (κ2) is 4.38. The average Bonchev–Trinajstić information content (AvgIpc) is 2.78. The molecule has 1 heterocycles. The topological polar surface area (TPSA) is 60.0 Å². The minimum atomic E-state index is -0.333. The molecule has 0 unspecified atom stereocenters. The number of nitrogens with zero attached hydrogens (tertiary/aromatic N) is 1. The molecule has 0 radical (unpaired) electrons. The Bertz CT molecular complexity index is 504. The van der Waals surface area contributed by atoms with Crippen molar-refractivity contribution in [3.8, 4) is 5.69 Å². The SMILES string of the molecule is NNC(=O)c1cccn1-c1ccc(Cl)cc1. The van der Waals surface area contributed by atoms with Gasteiger partial charge in [0.15, 0.2) is 0 Å². The molecule has 4 nitrogen and oxygen atoms in total. The van der Waals surface area contributed by atoms with Crippen LogP contribution in [0, 0.1) is 0 Å². The number of nitrogens with two attached hydrogens (primary N) is 1. The van der Waals surface area contributed by atoms with Crippen LogP contribution in [0.2, 0.25) is 5.02 Å². The van der Waals surface area contributed by atoms with Gasteiger partial charge in [0.05, 0.1) is 0 Å². The quantitative estimate of drug-likeness (QED) is 0.473. The molecule has 1 aromatic heterocycles. The summed E-state index contributed by atoms with van der Waals surface area (Å²) in [7, 11) is 0. The van der Waals surface area contributed by atoms with Crippen LogP contribution in [-0.2, 0) is 0 Å². The first-order chi connectivity index (χ1) is 7.72. The number of carbonyl (C=O) groups excluding carboxylic acids is 1. The minimum absolute atomic E-state index is 0.333. The van der Waals surface area contributed by atoms with Crippen LogP contribution in [-0.4, -0.2) is 10.5 Å². The highest BCUT2D eigenvalue weighted by molar-refractivity contribution is 6.30. The molecule has 5 heteroatoms. The maximum absolute atomic E-state index is 11.5. The third-order valence-electron chi connectivity index (χ3n) is 2.22. The number of rotatable bonds is 2. The van der Waals surface area contributed by atoms with E-state index in [1.54, 1.807) is 35.0 Å². The normalized spacial score (nSPS) is 10.1. The Morgan fingerprint density at radius 1 is 1.25 bits per heavy atom. The third kappa shape index (κ3) is 1.93. The van der Waals surface area contributed by atoms with Gasteiger partial charge < -0.3 is 4.57 Å². The summed E-state index contributed by atoms with van der Waals surface area (Å²) < 4.78 is 1.73. The minimum Gasteiger partial charge on any atom is -0.312 e. The third-order valence-corrected chi connectivity index (χ3v) is 2.47. The van der Waals surface area contributed by atoms with Gasteiger partial charge in [-0.15, -0.1) is 0 Å². The fraction of sp³-hybridized carbons (Fsp3) is 0. The first kappa shape index (κ1) is 10.7. The number of nitrogen functional groups attached to an aromatic ring is 1. The summed E-state index contributed by atoms with van der Waals surface area (Å²) in [5.74, 6) is 4.77. The standard InChI is InChI=1S/C11H10ClN3O/c12-8-3-5-9(6-4-8)15-7-1-2-10(15)11(16)14-13/h1-7H,13H2,(H,14,16). The fourth-order valence-electron chi connectivity index (χ4n) is 1.47. The van der Waals surface area contributed by atoms with Crippen molar-refractivity contribution in [2.24, 2.45) is 5.84 Å². The van der Waals surface area contributed by atoms with E-state index in [-0.39, 0.29) is 5.91 Å². The molecule has 0 saturated heterocycles. The molecule has 0 aliphatic carbocycles. The van der Waals surface area contributed by atoms with Gasteiger partial charge in [0.25, 0.3) is 5.91 Å². The highest BCUT2D eigenvalue weighted by Gasteiger charge is 2.09. The number of carbonyl (C=O) groups is 1. The van der Waals surface area contributed by atoms with Crippen LogP contribution in [0.15, 0.2) is 42.6 Å². The van der Waals surface area contributed by atoms with Gasteiger partial charge in [-0.05, 0) is 36.4 Å². The first-order valence-corrected chi connectivity index (χ1v) is 5.04. The maximum Gasteiger partial charge on any atom is 0.282 e. The molecule has 0 aliphatic rings. The number of hydrogen-bond acceptors (Lipinski definition) is 2. The summed E-state index contributed by atoms with van der Waals surface area (Å²) in [5, 5.41) is 0.653. The van der Waals surface area contributed by atoms with Crippen LogP contribution in [0.1, 0.15) is 10.5 Å². The Labute approximate surface area is 97.6 Å². The van der Waals surface area contributed by atoms with E-state index in [0.717, 1.165) is 5.69 Å². The fourth-order valence-corrected chi connectivity index (χ4v) is 1.59. The molecular formula is C11H10ClN3O. The van der Waals surface area contributed by atoms with Crippen molar-refractivity contribution in [3.63, 3.8) is 0 Å². The Kier molecular flexibility index (Phi) is 2.94. The first-order valence-electron chi connectivity index (χ1n) is 4.66. The van der Waals surface area contributed by atoms with Gasteiger partial charge in [-0.25, -0.2) is 5.84 Å². The van der Waals surface area contributed by atoms with Crippen molar-refractivity contribution in [2.45, 2.75) is 0 Å². The molecule has 2 rings (SSSR count). The van der Waals surface area contributed by atoms with Crippen molar-refractivity contribution < 1.29 is 4.79 Å². The van der Waals surface area contributed by atoms with Crippen LogP contribution in [0.4, 0.5) is 0 Å². The lowest BCUT2D eigenvalue weighted by Gasteiger charge is -2.07. The second-order valence-corrected chi connectivity index (χ2v) is 3.65. The van der Waals surface area contributed by atoms with Crippen LogP contribution < -0.4 is 11.3 Å². The second-order valence-electron chi connectivity index (χ2n) is 3.21. The van der Waals surface area contributed by atoms with E-state index in [9.17, 15) is 4.79 Å². The number of benzene rings is 1. The molecule has 0 aliphatic heterocycles. The molecule has 0 fully saturated rings. The zero-order chi connectivity index (χ0) is 11.5. The van der Waals surface area contributed by atoms with Crippen molar-refractivity contribution >= 4 is 17.5 Å². The summed E-state index contributed by atoms with van der Waals surface area (Å²) in [6, 6.07) is 10.7. The molecule has 0 bridgehead atoms. The summed E-state index contributed by atoms with van der Waals surface area (Å²) >= 11 is 5.79. The Hall–Kier alpha value is -1.78. The molecule has 3 N–H and O–H groups in total. The molecule has 16 heavy (non-hydrogen) atoms. The highest BCUT2D eigenvalue weighted by atomic mass is 35.5. The van der Waals surface area contributed by atoms with Gasteiger partial charge in [-0.3, -0.25) is 10.2 Å². The lowest BCUT2D eigenvalue weighted by atomic mass is 10.3. The highest BCUT2D eigenvalue weighted by Crippen LogP contribution is 2.16. The zero-order valence-corrected chi connectivity index (χ0v) is 9.11. The molecule has 82 valence electrons. The molecule has 0 spiro atoms.